The minimum absolute atomic E-state index is 0.0800. The number of hydrogen-bond acceptors (Lipinski definition) is 1. The maximum Gasteiger partial charge on any atom is 0.220 e. The highest BCUT2D eigenvalue weighted by atomic mass is 19.1. The number of carbonyl (C=O) groups is 1. The van der Waals surface area contributed by atoms with E-state index in [0.29, 0.717) is 12.8 Å². The van der Waals surface area contributed by atoms with Gasteiger partial charge in [-0.3, -0.25) is 4.79 Å². The van der Waals surface area contributed by atoms with E-state index in [1.165, 1.54) is 24.3 Å². The van der Waals surface area contributed by atoms with Gasteiger partial charge in [0, 0.05) is 6.42 Å². The molecule has 0 bridgehead atoms. The summed E-state index contributed by atoms with van der Waals surface area (Å²) in [5.41, 5.74) is 1.59. The van der Waals surface area contributed by atoms with Crippen LogP contribution in [-0.2, 0) is 11.2 Å². The molecule has 0 aliphatic rings. The van der Waals surface area contributed by atoms with E-state index in [4.69, 9.17) is 0 Å². The van der Waals surface area contributed by atoms with Crippen molar-refractivity contribution in [1.82, 2.24) is 5.32 Å². The van der Waals surface area contributed by atoms with E-state index in [2.05, 4.69) is 5.32 Å². The highest BCUT2D eigenvalue weighted by Gasteiger charge is 2.27. The SMILES string of the molecule is CC(C)(C)C(NC(=O)CCc1ccc(F)cc1)c1ccc(F)cc1. The van der Waals surface area contributed by atoms with Gasteiger partial charge in [-0.05, 0) is 47.2 Å². The third-order valence-corrected chi connectivity index (χ3v) is 3.93. The average Bonchev–Trinajstić information content (AvgIpc) is 2.52. The van der Waals surface area contributed by atoms with Crippen LogP contribution in [-0.4, -0.2) is 5.91 Å². The molecule has 0 aromatic heterocycles. The third-order valence-electron chi connectivity index (χ3n) is 3.93. The Balaban J connectivity index is 2.02. The zero-order chi connectivity index (χ0) is 17.7. The van der Waals surface area contributed by atoms with Crippen LogP contribution in [0.15, 0.2) is 48.5 Å². The third kappa shape index (κ3) is 5.15. The molecule has 1 amide bonds. The van der Waals surface area contributed by atoms with Crippen LogP contribution in [0.4, 0.5) is 8.78 Å². The Hall–Kier alpha value is -2.23. The van der Waals surface area contributed by atoms with Crippen molar-refractivity contribution in [3.8, 4) is 0 Å². The van der Waals surface area contributed by atoms with E-state index in [1.807, 2.05) is 20.8 Å². The van der Waals surface area contributed by atoms with Crippen LogP contribution < -0.4 is 5.32 Å². The molecule has 2 aromatic rings. The molecule has 2 rings (SSSR count). The predicted molar refractivity (Wildman–Crippen MR) is 91.5 cm³/mol. The maximum absolute atomic E-state index is 13.1. The number of benzene rings is 2. The van der Waals surface area contributed by atoms with Crippen molar-refractivity contribution in [2.75, 3.05) is 0 Å². The summed E-state index contributed by atoms with van der Waals surface area (Å²) < 4.78 is 26.0. The fraction of sp³-hybridized carbons (Fsp3) is 0.350. The number of nitrogens with one attached hydrogen (secondary N) is 1. The molecule has 4 heteroatoms. The maximum atomic E-state index is 13.1. The summed E-state index contributed by atoms with van der Waals surface area (Å²) in [6.45, 7) is 6.09. The van der Waals surface area contributed by atoms with Crippen molar-refractivity contribution in [2.45, 2.75) is 39.7 Å². The standard InChI is InChI=1S/C20H23F2NO/c1-20(2,3)19(15-7-11-17(22)12-8-15)23-18(24)13-6-14-4-9-16(21)10-5-14/h4-5,7-12,19H,6,13H2,1-3H3,(H,23,24). The molecule has 0 radical (unpaired) electrons. The van der Waals surface area contributed by atoms with Crippen LogP contribution in [0, 0.1) is 17.0 Å². The zero-order valence-electron chi connectivity index (χ0n) is 14.3. The summed E-state index contributed by atoms with van der Waals surface area (Å²) >= 11 is 0. The van der Waals surface area contributed by atoms with E-state index >= 15 is 0 Å². The van der Waals surface area contributed by atoms with Gasteiger partial charge in [-0.15, -0.1) is 0 Å². The van der Waals surface area contributed by atoms with E-state index in [0.717, 1.165) is 11.1 Å². The Labute approximate surface area is 141 Å². The minimum Gasteiger partial charge on any atom is -0.349 e. The van der Waals surface area contributed by atoms with Crippen molar-refractivity contribution in [1.29, 1.82) is 0 Å². The first-order chi connectivity index (χ1) is 11.3. The molecule has 0 fully saturated rings. The Morgan fingerprint density at radius 3 is 1.96 bits per heavy atom. The number of halogens is 2. The van der Waals surface area contributed by atoms with Gasteiger partial charge in [0.25, 0.3) is 0 Å². The Morgan fingerprint density at radius 2 is 1.46 bits per heavy atom. The molecule has 1 unspecified atom stereocenters. The van der Waals surface area contributed by atoms with Gasteiger partial charge in [-0.25, -0.2) is 8.78 Å². The normalized spacial score (nSPS) is 12.7. The lowest BCUT2D eigenvalue weighted by Crippen LogP contribution is -2.36. The first kappa shape index (κ1) is 18.1. The van der Waals surface area contributed by atoms with Crippen molar-refractivity contribution in [2.24, 2.45) is 5.41 Å². The second-order valence-electron chi connectivity index (χ2n) is 7.04. The molecular formula is C20H23F2NO. The van der Waals surface area contributed by atoms with Gasteiger partial charge in [0.2, 0.25) is 5.91 Å². The summed E-state index contributed by atoms with van der Waals surface area (Å²) in [4.78, 5) is 12.3. The lowest BCUT2D eigenvalue weighted by molar-refractivity contribution is -0.122. The molecule has 2 nitrogen and oxygen atoms in total. The molecule has 2 aromatic carbocycles. The second-order valence-corrected chi connectivity index (χ2v) is 7.04. The lowest BCUT2D eigenvalue weighted by atomic mass is 9.82. The minimum atomic E-state index is -0.297. The molecule has 0 heterocycles. The summed E-state index contributed by atoms with van der Waals surface area (Å²) in [6.07, 6.45) is 0.867. The van der Waals surface area contributed by atoms with Gasteiger partial charge in [0.1, 0.15) is 11.6 Å². The molecule has 0 aliphatic heterocycles. The number of aryl methyl sites for hydroxylation is 1. The van der Waals surface area contributed by atoms with E-state index in [9.17, 15) is 13.6 Å². The van der Waals surface area contributed by atoms with Gasteiger partial charge < -0.3 is 5.32 Å². The highest BCUT2D eigenvalue weighted by molar-refractivity contribution is 5.76. The number of carbonyl (C=O) groups excluding carboxylic acids is 1. The lowest BCUT2D eigenvalue weighted by Gasteiger charge is -2.32. The largest absolute Gasteiger partial charge is 0.349 e. The molecule has 0 saturated heterocycles. The van der Waals surface area contributed by atoms with Crippen molar-refractivity contribution in [3.05, 3.63) is 71.3 Å². The summed E-state index contributed by atoms with van der Waals surface area (Å²) in [6, 6.07) is 12.1. The number of hydrogen-bond donors (Lipinski definition) is 1. The number of amides is 1. The van der Waals surface area contributed by atoms with E-state index in [1.54, 1.807) is 24.3 Å². The molecular weight excluding hydrogens is 308 g/mol. The Morgan fingerprint density at radius 1 is 0.958 bits per heavy atom. The Kier molecular flexibility index (Phi) is 5.71. The first-order valence-electron chi connectivity index (χ1n) is 8.05. The van der Waals surface area contributed by atoms with Gasteiger partial charge in [0.15, 0.2) is 0 Å². The number of rotatable bonds is 5. The monoisotopic (exact) mass is 331 g/mol. The van der Waals surface area contributed by atoms with Crippen LogP contribution in [0.1, 0.15) is 44.4 Å². The molecule has 1 atom stereocenters. The second kappa shape index (κ2) is 7.56. The molecule has 0 saturated carbocycles. The van der Waals surface area contributed by atoms with Crippen LogP contribution >= 0.6 is 0 Å². The molecule has 128 valence electrons. The van der Waals surface area contributed by atoms with Crippen LogP contribution in [0.25, 0.3) is 0 Å². The van der Waals surface area contributed by atoms with E-state index < -0.39 is 0 Å². The highest BCUT2D eigenvalue weighted by Crippen LogP contribution is 2.32. The van der Waals surface area contributed by atoms with Crippen LogP contribution in [0.3, 0.4) is 0 Å². The fourth-order valence-corrected chi connectivity index (χ4v) is 2.60. The topological polar surface area (TPSA) is 29.1 Å². The first-order valence-corrected chi connectivity index (χ1v) is 8.05. The summed E-state index contributed by atoms with van der Waals surface area (Å²) in [7, 11) is 0. The smallest absolute Gasteiger partial charge is 0.220 e. The fourth-order valence-electron chi connectivity index (χ4n) is 2.60. The van der Waals surface area contributed by atoms with Crippen molar-refractivity contribution in [3.63, 3.8) is 0 Å². The molecule has 1 N–H and O–H groups in total. The van der Waals surface area contributed by atoms with Crippen LogP contribution in [0.2, 0.25) is 0 Å². The Bertz CT molecular complexity index is 672. The zero-order valence-corrected chi connectivity index (χ0v) is 14.3. The molecule has 0 aliphatic carbocycles. The van der Waals surface area contributed by atoms with Crippen LogP contribution in [0.5, 0.6) is 0 Å². The molecule has 0 spiro atoms. The van der Waals surface area contributed by atoms with Crippen molar-refractivity contribution >= 4 is 5.91 Å². The van der Waals surface area contributed by atoms with Gasteiger partial charge in [0.05, 0.1) is 6.04 Å². The van der Waals surface area contributed by atoms with Gasteiger partial charge >= 0.3 is 0 Å². The summed E-state index contributed by atoms with van der Waals surface area (Å²) in [5.74, 6) is -0.662. The van der Waals surface area contributed by atoms with E-state index in [-0.39, 0.29) is 29.0 Å². The molecule has 24 heavy (non-hydrogen) atoms. The van der Waals surface area contributed by atoms with Crippen molar-refractivity contribution < 1.29 is 13.6 Å². The van der Waals surface area contributed by atoms with Gasteiger partial charge in [-0.2, -0.15) is 0 Å². The average molecular weight is 331 g/mol. The van der Waals surface area contributed by atoms with Gasteiger partial charge in [-0.1, -0.05) is 45.0 Å². The summed E-state index contributed by atoms with van der Waals surface area (Å²) in [5, 5.41) is 3.04. The predicted octanol–water partition coefficient (Wildman–Crippen LogP) is 4.80. The quantitative estimate of drug-likeness (QED) is 0.837.